The lowest BCUT2D eigenvalue weighted by Crippen LogP contribution is -2.42. The first kappa shape index (κ1) is 21.5. The summed E-state index contributed by atoms with van der Waals surface area (Å²) in [5, 5.41) is 2.65. The number of carbonyl (C=O) groups excluding carboxylic acids is 1. The van der Waals surface area contributed by atoms with E-state index in [9.17, 15) is 17.6 Å². The molecular weight excluding hydrogens is 391 g/mol. The molecule has 29 heavy (non-hydrogen) atoms. The van der Waals surface area contributed by atoms with Gasteiger partial charge in [0.15, 0.2) is 0 Å². The Morgan fingerprint density at radius 1 is 1.03 bits per heavy atom. The zero-order valence-electron chi connectivity index (χ0n) is 17.2. The Bertz CT molecular complexity index is 1030. The predicted molar refractivity (Wildman–Crippen MR) is 112 cm³/mol. The minimum Gasteiger partial charge on any atom is -0.322 e. The zero-order valence-corrected chi connectivity index (χ0v) is 18.0. The molecule has 3 rings (SSSR count). The number of nitrogens with one attached hydrogen (secondary N) is 1. The molecule has 2 atom stereocenters. The Hall–Kier alpha value is -2.25. The smallest absolute Gasteiger partial charge is 0.258 e. The van der Waals surface area contributed by atoms with Gasteiger partial charge >= 0.3 is 0 Å². The molecule has 0 radical (unpaired) electrons. The van der Waals surface area contributed by atoms with Crippen molar-refractivity contribution in [1.29, 1.82) is 0 Å². The number of aryl methyl sites for hydroxylation is 2. The maximum absolute atomic E-state index is 14.4. The normalized spacial score (nSPS) is 20.4. The lowest BCUT2D eigenvalue weighted by atomic mass is 9.94. The van der Waals surface area contributed by atoms with Crippen molar-refractivity contribution in [2.75, 3.05) is 18.4 Å². The molecule has 0 bridgehead atoms. The number of rotatable bonds is 4. The fourth-order valence-electron chi connectivity index (χ4n) is 3.81. The van der Waals surface area contributed by atoms with Crippen LogP contribution in [-0.2, 0) is 10.0 Å². The fraction of sp³-hybridized carbons (Fsp3) is 0.409. The first-order valence-electron chi connectivity index (χ1n) is 9.76. The average molecular weight is 419 g/mol. The van der Waals surface area contributed by atoms with Crippen LogP contribution in [0, 0.1) is 31.5 Å². The molecule has 1 aliphatic heterocycles. The van der Waals surface area contributed by atoms with E-state index in [4.69, 9.17) is 0 Å². The summed E-state index contributed by atoms with van der Waals surface area (Å²) in [5.74, 6) is -0.933. The monoisotopic (exact) mass is 418 g/mol. The van der Waals surface area contributed by atoms with Gasteiger partial charge in [-0.1, -0.05) is 19.9 Å². The second kappa shape index (κ2) is 8.24. The summed E-state index contributed by atoms with van der Waals surface area (Å²) in [7, 11) is -3.80. The number of piperidine rings is 1. The van der Waals surface area contributed by atoms with E-state index in [1.165, 1.54) is 10.4 Å². The van der Waals surface area contributed by atoms with Gasteiger partial charge in [-0.2, -0.15) is 4.31 Å². The SMILES string of the molecule is Cc1ccc(NC(=O)c2cc(S(=O)(=O)N3C[C@@H](C)C[C@H](C)C3)ccc2F)cc1C. The minimum absolute atomic E-state index is 0.0644. The Morgan fingerprint density at radius 3 is 2.31 bits per heavy atom. The number of amides is 1. The maximum Gasteiger partial charge on any atom is 0.258 e. The number of nitrogens with zero attached hydrogens (tertiary/aromatic N) is 1. The van der Waals surface area contributed by atoms with Crippen LogP contribution in [0.5, 0.6) is 0 Å². The van der Waals surface area contributed by atoms with E-state index < -0.39 is 21.7 Å². The number of anilines is 1. The van der Waals surface area contributed by atoms with Crippen LogP contribution in [-0.4, -0.2) is 31.7 Å². The molecule has 0 aliphatic carbocycles. The van der Waals surface area contributed by atoms with E-state index in [1.54, 1.807) is 12.1 Å². The lowest BCUT2D eigenvalue weighted by Gasteiger charge is -2.34. The highest BCUT2D eigenvalue weighted by Gasteiger charge is 2.32. The first-order valence-corrected chi connectivity index (χ1v) is 11.2. The molecule has 1 amide bonds. The molecule has 1 heterocycles. The van der Waals surface area contributed by atoms with Crippen LogP contribution in [0.1, 0.15) is 41.8 Å². The summed E-state index contributed by atoms with van der Waals surface area (Å²) in [6, 6.07) is 8.78. The third-order valence-electron chi connectivity index (χ3n) is 5.42. The van der Waals surface area contributed by atoms with Crippen LogP contribution < -0.4 is 5.32 Å². The van der Waals surface area contributed by atoms with Crippen molar-refractivity contribution in [2.45, 2.75) is 39.0 Å². The molecular formula is C22H27FN2O3S. The van der Waals surface area contributed by atoms with E-state index in [2.05, 4.69) is 5.32 Å². The molecule has 5 nitrogen and oxygen atoms in total. The Balaban J connectivity index is 1.89. The number of halogens is 1. The lowest BCUT2D eigenvalue weighted by molar-refractivity contribution is 0.102. The molecule has 1 N–H and O–H groups in total. The standard InChI is InChI=1S/C22H27FN2O3S/c1-14-9-15(2)13-25(12-14)29(27,28)19-7-8-21(23)20(11-19)22(26)24-18-6-5-16(3)17(4)10-18/h5-8,10-11,14-15H,9,12-13H2,1-4H3,(H,24,26)/t14-,15-/m0/s1. The molecule has 1 aliphatic rings. The van der Waals surface area contributed by atoms with Crippen LogP contribution in [0.2, 0.25) is 0 Å². The minimum atomic E-state index is -3.80. The highest BCUT2D eigenvalue weighted by Crippen LogP contribution is 2.28. The molecule has 0 unspecified atom stereocenters. The zero-order chi connectivity index (χ0) is 21.3. The summed E-state index contributed by atoms with van der Waals surface area (Å²) in [5.41, 5.74) is 2.31. The van der Waals surface area contributed by atoms with Gasteiger partial charge in [0, 0.05) is 18.8 Å². The van der Waals surface area contributed by atoms with Crippen molar-refractivity contribution < 1.29 is 17.6 Å². The Kier molecular flexibility index (Phi) is 6.10. The van der Waals surface area contributed by atoms with Crippen molar-refractivity contribution in [3.05, 3.63) is 58.9 Å². The van der Waals surface area contributed by atoms with Gasteiger partial charge in [-0.05, 0) is 73.6 Å². The van der Waals surface area contributed by atoms with E-state index in [-0.39, 0.29) is 22.3 Å². The van der Waals surface area contributed by atoms with E-state index >= 15 is 0 Å². The van der Waals surface area contributed by atoms with Crippen molar-refractivity contribution in [1.82, 2.24) is 4.31 Å². The molecule has 1 fully saturated rings. The molecule has 0 aromatic heterocycles. The van der Waals surface area contributed by atoms with Crippen molar-refractivity contribution in [3.8, 4) is 0 Å². The molecule has 2 aromatic carbocycles. The third-order valence-corrected chi connectivity index (χ3v) is 7.25. The van der Waals surface area contributed by atoms with Crippen LogP contribution in [0.25, 0.3) is 0 Å². The number of sulfonamides is 1. The summed E-state index contributed by atoms with van der Waals surface area (Å²) < 4.78 is 41.9. The van der Waals surface area contributed by atoms with Crippen molar-refractivity contribution >= 4 is 21.6 Å². The van der Waals surface area contributed by atoms with E-state index in [0.717, 1.165) is 29.7 Å². The number of hydrogen-bond acceptors (Lipinski definition) is 3. The van der Waals surface area contributed by atoms with Gasteiger partial charge < -0.3 is 5.32 Å². The average Bonchev–Trinajstić information content (AvgIpc) is 2.64. The number of benzene rings is 2. The predicted octanol–water partition coefficient (Wildman–Crippen LogP) is 4.36. The first-order chi connectivity index (χ1) is 13.6. The molecule has 0 saturated carbocycles. The van der Waals surface area contributed by atoms with Gasteiger partial charge in [-0.15, -0.1) is 0 Å². The summed E-state index contributed by atoms with van der Waals surface area (Å²) in [6.45, 7) is 8.76. The second-order valence-electron chi connectivity index (χ2n) is 8.16. The van der Waals surface area contributed by atoms with Gasteiger partial charge in [0.05, 0.1) is 10.5 Å². The van der Waals surface area contributed by atoms with Gasteiger partial charge in [0.1, 0.15) is 5.82 Å². The van der Waals surface area contributed by atoms with Crippen LogP contribution in [0.15, 0.2) is 41.3 Å². The quantitative estimate of drug-likeness (QED) is 0.802. The van der Waals surface area contributed by atoms with Crippen LogP contribution in [0.4, 0.5) is 10.1 Å². The van der Waals surface area contributed by atoms with Crippen molar-refractivity contribution in [3.63, 3.8) is 0 Å². The summed E-state index contributed by atoms with van der Waals surface area (Å²) in [6.07, 6.45) is 0.971. The topological polar surface area (TPSA) is 66.5 Å². The highest BCUT2D eigenvalue weighted by atomic mass is 32.2. The van der Waals surface area contributed by atoms with E-state index in [1.807, 2.05) is 33.8 Å². The Labute approximate surface area is 172 Å². The molecule has 1 saturated heterocycles. The molecule has 156 valence electrons. The van der Waals surface area contributed by atoms with Gasteiger partial charge in [0.25, 0.3) is 5.91 Å². The summed E-state index contributed by atoms with van der Waals surface area (Å²) in [4.78, 5) is 12.6. The van der Waals surface area contributed by atoms with Crippen LogP contribution in [0.3, 0.4) is 0 Å². The maximum atomic E-state index is 14.4. The molecule has 0 spiro atoms. The van der Waals surface area contributed by atoms with Crippen LogP contribution >= 0.6 is 0 Å². The number of carbonyl (C=O) groups is 1. The van der Waals surface area contributed by atoms with Gasteiger partial charge in [-0.25, -0.2) is 12.8 Å². The van der Waals surface area contributed by atoms with E-state index in [0.29, 0.717) is 18.8 Å². The highest BCUT2D eigenvalue weighted by molar-refractivity contribution is 7.89. The van der Waals surface area contributed by atoms with Gasteiger partial charge in [-0.3, -0.25) is 4.79 Å². The molecule has 7 heteroatoms. The largest absolute Gasteiger partial charge is 0.322 e. The van der Waals surface area contributed by atoms with Gasteiger partial charge in [0.2, 0.25) is 10.0 Å². The fourth-order valence-corrected chi connectivity index (χ4v) is 5.51. The van der Waals surface area contributed by atoms with Crippen molar-refractivity contribution in [2.24, 2.45) is 11.8 Å². The third kappa shape index (κ3) is 4.67. The molecule has 2 aromatic rings. The second-order valence-corrected chi connectivity index (χ2v) is 10.1. The number of hydrogen-bond donors (Lipinski definition) is 1. The Morgan fingerprint density at radius 2 is 1.69 bits per heavy atom. The summed E-state index contributed by atoms with van der Waals surface area (Å²) >= 11 is 0.